The summed E-state index contributed by atoms with van der Waals surface area (Å²) >= 11 is 0. The predicted octanol–water partition coefficient (Wildman–Crippen LogP) is 2.11. The lowest BCUT2D eigenvalue weighted by atomic mass is 10.1. The molecule has 1 saturated heterocycles. The van der Waals surface area contributed by atoms with Crippen LogP contribution in [0.25, 0.3) is 0 Å². The van der Waals surface area contributed by atoms with Gasteiger partial charge in [0.05, 0.1) is 6.54 Å². The van der Waals surface area contributed by atoms with Crippen molar-refractivity contribution in [3.05, 3.63) is 23.2 Å². The van der Waals surface area contributed by atoms with Gasteiger partial charge >= 0.3 is 5.97 Å². The van der Waals surface area contributed by atoms with Gasteiger partial charge < -0.3 is 19.7 Å². The van der Waals surface area contributed by atoms with Crippen molar-refractivity contribution < 1.29 is 14.3 Å². The van der Waals surface area contributed by atoms with E-state index < -0.39 is 5.97 Å². The molecule has 0 aliphatic carbocycles. The molecule has 20 heavy (non-hydrogen) atoms. The second kappa shape index (κ2) is 6.90. The van der Waals surface area contributed by atoms with Crippen molar-refractivity contribution in [2.45, 2.75) is 33.2 Å². The van der Waals surface area contributed by atoms with Crippen LogP contribution in [0, 0.1) is 12.8 Å². The third kappa shape index (κ3) is 4.08. The maximum absolute atomic E-state index is 10.9. The summed E-state index contributed by atoms with van der Waals surface area (Å²) in [5, 5.41) is 12.3. The number of nitrogens with one attached hydrogen (secondary N) is 1. The Balaban J connectivity index is 1.72. The van der Waals surface area contributed by atoms with Crippen LogP contribution in [0.5, 0.6) is 0 Å². The Morgan fingerprint density at radius 1 is 1.50 bits per heavy atom. The topological polar surface area (TPSA) is 65.7 Å². The highest BCUT2D eigenvalue weighted by molar-refractivity contribution is 5.88. The SMILES string of the molecule is Cc1oc(CNCC(C)CN2CCCC2)cc1C(=O)O. The Labute approximate surface area is 119 Å². The van der Waals surface area contributed by atoms with E-state index in [4.69, 9.17) is 9.52 Å². The van der Waals surface area contributed by atoms with E-state index in [1.807, 2.05) is 0 Å². The van der Waals surface area contributed by atoms with Crippen LogP contribution in [-0.2, 0) is 6.54 Å². The number of carbonyl (C=O) groups is 1. The summed E-state index contributed by atoms with van der Waals surface area (Å²) in [5.41, 5.74) is 0.256. The second-order valence-electron chi connectivity index (χ2n) is 5.73. The standard InChI is InChI=1S/C15H24N2O3/c1-11(10-17-5-3-4-6-17)8-16-9-13-7-14(15(18)19)12(2)20-13/h7,11,16H,3-6,8-10H2,1-2H3,(H,18,19). The minimum Gasteiger partial charge on any atom is -0.478 e. The Kier molecular flexibility index (Phi) is 5.20. The van der Waals surface area contributed by atoms with Crippen molar-refractivity contribution >= 4 is 5.97 Å². The van der Waals surface area contributed by atoms with E-state index in [2.05, 4.69) is 17.1 Å². The Morgan fingerprint density at radius 2 is 2.20 bits per heavy atom. The van der Waals surface area contributed by atoms with Gasteiger partial charge in [-0.3, -0.25) is 0 Å². The average Bonchev–Trinajstić information content (AvgIpc) is 2.99. The zero-order valence-electron chi connectivity index (χ0n) is 12.3. The number of carboxylic acids is 1. The molecule has 5 heteroatoms. The lowest BCUT2D eigenvalue weighted by molar-refractivity contribution is 0.0695. The van der Waals surface area contributed by atoms with Crippen molar-refractivity contribution in [1.82, 2.24) is 10.2 Å². The minimum absolute atomic E-state index is 0.256. The lowest BCUT2D eigenvalue weighted by Gasteiger charge is -2.20. The van der Waals surface area contributed by atoms with Gasteiger partial charge in [-0.05, 0) is 51.4 Å². The molecule has 1 atom stereocenters. The maximum Gasteiger partial charge on any atom is 0.339 e. The number of hydrogen-bond donors (Lipinski definition) is 2. The van der Waals surface area contributed by atoms with Crippen molar-refractivity contribution in [3.63, 3.8) is 0 Å². The highest BCUT2D eigenvalue weighted by Crippen LogP contribution is 2.14. The minimum atomic E-state index is -0.931. The molecule has 1 aliphatic heterocycles. The number of aryl methyl sites for hydroxylation is 1. The van der Waals surface area contributed by atoms with E-state index in [1.54, 1.807) is 13.0 Å². The van der Waals surface area contributed by atoms with Crippen LogP contribution in [0.4, 0.5) is 0 Å². The van der Waals surface area contributed by atoms with Crippen LogP contribution in [-0.4, -0.2) is 42.2 Å². The predicted molar refractivity (Wildman–Crippen MR) is 76.9 cm³/mol. The summed E-state index contributed by atoms with van der Waals surface area (Å²) < 4.78 is 5.44. The van der Waals surface area contributed by atoms with Crippen LogP contribution < -0.4 is 5.32 Å². The maximum atomic E-state index is 10.9. The highest BCUT2D eigenvalue weighted by atomic mass is 16.4. The van der Waals surface area contributed by atoms with Crippen LogP contribution in [0.3, 0.4) is 0 Å². The van der Waals surface area contributed by atoms with E-state index in [1.165, 1.54) is 25.9 Å². The van der Waals surface area contributed by atoms with Gasteiger partial charge in [-0.25, -0.2) is 4.79 Å². The first-order valence-corrected chi connectivity index (χ1v) is 7.32. The molecule has 0 radical (unpaired) electrons. The van der Waals surface area contributed by atoms with Crippen molar-refractivity contribution in [2.24, 2.45) is 5.92 Å². The molecule has 2 heterocycles. The first kappa shape index (κ1) is 15.1. The molecule has 1 aliphatic rings. The van der Waals surface area contributed by atoms with Crippen LogP contribution in [0.1, 0.15) is 41.6 Å². The highest BCUT2D eigenvalue weighted by Gasteiger charge is 2.15. The Bertz CT molecular complexity index is 450. The van der Waals surface area contributed by atoms with Crippen LogP contribution in [0.15, 0.2) is 10.5 Å². The fraction of sp³-hybridized carbons (Fsp3) is 0.667. The molecule has 5 nitrogen and oxygen atoms in total. The summed E-state index contributed by atoms with van der Waals surface area (Å²) in [6.45, 7) is 9.00. The largest absolute Gasteiger partial charge is 0.478 e. The molecule has 0 spiro atoms. The molecule has 0 aromatic carbocycles. The van der Waals surface area contributed by atoms with Gasteiger partial charge in [0, 0.05) is 6.54 Å². The zero-order chi connectivity index (χ0) is 14.5. The number of furan rings is 1. The van der Waals surface area contributed by atoms with E-state index in [-0.39, 0.29) is 5.56 Å². The lowest BCUT2D eigenvalue weighted by Crippen LogP contribution is -2.31. The van der Waals surface area contributed by atoms with Crippen LogP contribution in [0.2, 0.25) is 0 Å². The average molecular weight is 280 g/mol. The molecule has 2 N–H and O–H groups in total. The first-order valence-electron chi connectivity index (χ1n) is 7.32. The van der Waals surface area contributed by atoms with Gasteiger partial charge in [0.25, 0.3) is 0 Å². The molecule has 1 fully saturated rings. The number of likely N-dealkylation sites (tertiary alicyclic amines) is 1. The molecular formula is C15H24N2O3. The zero-order valence-corrected chi connectivity index (χ0v) is 12.3. The number of hydrogen-bond acceptors (Lipinski definition) is 4. The Morgan fingerprint density at radius 3 is 2.80 bits per heavy atom. The molecule has 1 aromatic heterocycles. The molecule has 1 aromatic rings. The van der Waals surface area contributed by atoms with Gasteiger partial charge in [0.2, 0.25) is 0 Å². The van der Waals surface area contributed by atoms with Crippen molar-refractivity contribution in [1.29, 1.82) is 0 Å². The van der Waals surface area contributed by atoms with E-state index in [0.717, 1.165) is 13.1 Å². The summed E-state index contributed by atoms with van der Waals surface area (Å²) in [5.74, 6) is 0.815. The van der Waals surface area contributed by atoms with Gasteiger partial charge in [-0.1, -0.05) is 6.92 Å². The third-order valence-corrected chi connectivity index (χ3v) is 3.76. The summed E-state index contributed by atoms with van der Waals surface area (Å²) in [6.07, 6.45) is 2.65. The van der Waals surface area contributed by atoms with E-state index in [0.29, 0.717) is 24.0 Å². The molecule has 112 valence electrons. The number of carboxylic acid groups (broad SMARTS) is 1. The fourth-order valence-corrected chi connectivity index (χ4v) is 2.76. The fourth-order valence-electron chi connectivity index (χ4n) is 2.76. The third-order valence-electron chi connectivity index (χ3n) is 3.76. The Hall–Kier alpha value is -1.33. The summed E-state index contributed by atoms with van der Waals surface area (Å²) in [4.78, 5) is 13.4. The number of aromatic carboxylic acids is 1. The van der Waals surface area contributed by atoms with Gasteiger partial charge in [0.1, 0.15) is 17.1 Å². The molecule has 0 amide bonds. The smallest absolute Gasteiger partial charge is 0.339 e. The van der Waals surface area contributed by atoms with Gasteiger partial charge in [-0.2, -0.15) is 0 Å². The molecule has 0 bridgehead atoms. The quantitative estimate of drug-likeness (QED) is 0.801. The second-order valence-corrected chi connectivity index (χ2v) is 5.73. The van der Waals surface area contributed by atoms with Gasteiger partial charge in [0.15, 0.2) is 0 Å². The first-order chi connectivity index (χ1) is 9.56. The number of nitrogens with zero attached hydrogens (tertiary/aromatic N) is 1. The molecule has 2 rings (SSSR count). The molecular weight excluding hydrogens is 256 g/mol. The summed E-state index contributed by atoms with van der Waals surface area (Å²) in [6, 6.07) is 1.61. The number of rotatable bonds is 7. The van der Waals surface area contributed by atoms with E-state index >= 15 is 0 Å². The van der Waals surface area contributed by atoms with Crippen LogP contribution >= 0.6 is 0 Å². The monoisotopic (exact) mass is 280 g/mol. The molecule has 1 unspecified atom stereocenters. The van der Waals surface area contributed by atoms with Crippen molar-refractivity contribution in [2.75, 3.05) is 26.2 Å². The normalized spacial score (nSPS) is 17.5. The molecule has 0 saturated carbocycles. The summed E-state index contributed by atoms with van der Waals surface area (Å²) in [7, 11) is 0. The van der Waals surface area contributed by atoms with E-state index in [9.17, 15) is 4.79 Å². The van der Waals surface area contributed by atoms with Gasteiger partial charge in [-0.15, -0.1) is 0 Å². The van der Waals surface area contributed by atoms with Crippen molar-refractivity contribution in [3.8, 4) is 0 Å².